The lowest BCUT2D eigenvalue weighted by Gasteiger charge is -2.25. The minimum atomic E-state index is -3.93. The lowest BCUT2D eigenvalue weighted by Crippen LogP contribution is -2.42. The first-order valence-corrected chi connectivity index (χ1v) is 16.8. The molecular formula is C28H40N6O6S3. The van der Waals surface area contributed by atoms with Gasteiger partial charge in [-0.25, -0.2) is 8.42 Å². The summed E-state index contributed by atoms with van der Waals surface area (Å²) >= 11 is 6.78. The highest BCUT2D eigenvalue weighted by Crippen LogP contribution is 2.23. The molecule has 2 aromatic carbocycles. The fourth-order valence-corrected chi connectivity index (χ4v) is 6.01. The molecule has 12 nitrogen and oxygen atoms in total. The average Bonchev–Trinajstić information content (AvgIpc) is 3.00. The Bertz CT molecular complexity index is 1320. The fraction of sp³-hybridized carbons (Fsp3) is 0.429. The summed E-state index contributed by atoms with van der Waals surface area (Å²) in [7, 11) is -3.93. The molecule has 0 fully saturated rings. The van der Waals surface area contributed by atoms with Crippen LogP contribution in [0, 0.1) is 0 Å². The predicted octanol–water partition coefficient (Wildman–Crippen LogP) is 2.92. The molecule has 0 unspecified atom stereocenters. The van der Waals surface area contributed by atoms with Gasteiger partial charge in [0.05, 0.1) is 16.3 Å². The Hall–Kier alpha value is -3.40. The van der Waals surface area contributed by atoms with Crippen molar-refractivity contribution in [3.8, 4) is 0 Å². The second kappa shape index (κ2) is 18.3. The molecule has 0 spiro atoms. The summed E-state index contributed by atoms with van der Waals surface area (Å²) < 4.78 is 29.2. The maximum Gasteiger partial charge on any atom is 0.327 e. The smallest absolute Gasteiger partial charge is 0.327 e. The van der Waals surface area contributed by atoms with Gasteiger partial charge in [0, 0.05) is 44.2 Å². The number of hydrogen-bond donors (Lipinski definition) is 5. The van der Waals surface area contributed by atoms with Crippen LogP contribution >= 0.6 is 24.0 Å². The molecular weight excluding hydrogens is 613 g/mol. The van der Waals surface area contributed by atoms with Crippen LogP contribution in [0.4, 0.5) is 17.1 Å². The minimum Gasteiger partial charge on any atom is -0.396 e. The van der Waals surface area contributed by atoms with Gasteiger partial charge < -0.3 is 20.2 Å². The number of hydrazine groups is 1. The molecule has 3 amide bonds. The van der Waals surface area contributed by atoms with E-state index in [4.69, 9.17) is 17.3 Å². The minimum absolute atomic E-state index is 0.0258. The van der Waals surface area contributed by atoms with Crippen molar-refractivity contribution in [3.05, 3.63) is 48.5 Å². The number of aliphatic hydroxyl groups is 1. The number of aliphatic hydroxyl groups excluding tert-OH is 1. The quantitative estimate of drug-likeness (QED) is 0.0790. The van der Waals surface area contributed by atoms with Gasteiger partial charge in [-0.05, 0) is 75.2 Å². The normalized spacial score (nSPS) is 10.9. The Morgan fingerprint density at radius 3 is 2.12 bits per heavy atom. The number of anilines is 3. The van der Waals surface area contributed by atoms with Gasteiger partial charge in [0.25, 0.3) is 10.0 Å². The van der Waals surface area contributed by atoms with E-state index in [9.17, 15) is 22.8 Å². The van der Waals surface area contributed by atoms with Crippen LogP contribution in [0.5, 0.6) is 0 Å². The first-order valence-electron chi connectivity index (χ1n) is 14.0. The molecule has 0 aliphatic rings. The summed E-state index contributed by atoms with van der Waals surface area (Å²) in [5, 5.41) is 11.1. The van der Waals surface area contributed by atoms with Gasteiger partial charge in [0.1, 0.15) is 4.32 Å². The highest BCUT2D eigenvalue weighted by molar-refractivity contribution is 8.23. The van der Waals surface area contributed by atoms with Crippen molar-refractivity contribution in [2.75, 3.05) is 53.6 Å². The molecule has 0 saturated carbocycles. The van der Waals surface area contributed by atoms with Crippen LogP contribution < -0.4 is 25.8 Å². The Morgan fingerprint density at radius 2 is 1.53 bits per heavy atom. The van der Waals surface area contributed by atoms with Crippen molar-refractivity contribution in [2.24, 2.45) is 0 Å². The molecule has 0 radical (unpaired) electrons. The Labute approximate surface area is 263 Å². The van der Waals surface area contributed by atoms with E-state index in [1.165, 1.54) is 48.2 Å². The Morgan fingerprint density at radius 1 is 0.907 bits per heavy atom. The lowest BCUT2D eigenvalue weighted by atomic mass is 10.2. The van der Waals surface area contributed by atoms with E-state index in [2.05, 4.69) is 20.9 Å². The number of carbonyl (C=O) groups is 3. The molecule has 0 atom stereocenters. The second-order valence-corrected chi connectivity index (χ2v) is 12.5. The molecule has 0 aliphatic carbocycles. The summed E-state index contributed by atoms with van der Waals surface area (Å²) in [5.74, 6) is -1.68. The zero-order valence-electron chi connectivity index (χ0n) is 24.6. The number of amides is 3. The molecule has 0 aromatic heterocycles. The van der Waals surface area contributed by atoms with Gasteiger partial charge in [-0.1, -0.05) is 37.3 Å². The zero-order valence-corrected chi connectivity index (χ0v) is 27.0. The number of rotatable bonds is 16. The maximum atomic E-state index is 13.1. The van der Waals surface area contributed by atoms with Crippen LogP contribution in [0.1, 0.15) is 40.0 Å². The van der Waals surface area contributed by atoms with Crippen molar-refractivity contribution in [1.29, 1.82) is 0 Å². The monoisotopic (exact) mass is 652 g/mol. The average molecular weight is 653 g/mol. The molecule has 236 valence electrons. The molecule has 15 heteroatoms. The number of nitrogens with zero attached hydrogens (tertiary/aromatic N) is 2. The van der Waals surface area contributed by atoms with Gasteiger partial charge in [-0.2, -0.15) is 0 Å². The van der Waals surface area contributed by atoms with Crippen LogP contribution in [0.2, 0.25) is 0 Å². The van der Waals surface area contributed by atoms with E-state index >= 15 is 0 Å². The van der Waals surface area contributed by atoms with Gasteiger partial charge in [-0.3, -0.25) is 30.0 Å². The number of benzene rings is 2. The van der Waals surface area contributed by atoms with Crippen LogP contribution in [-0.4, -0.2) is 79.0 Å². The van der Waals surface area contributed by atoms with Crippen molar-refractivity contribution >= 4 is 73.1 Å². The van der Waals surface area contributed by atoms with Crippen molar-refractivity contribution in [1.82, 2.24) is 15.6 Å². The molecule has 2 rings (SSSR count). The van der Waals surface area contributed by atoms with Crippen LogP contribution in [-0.2, 0) is 24.4 Å². The Kier molecular flexibility index (Phi) is 15.2. The van der Waals surface area contributed by atoms with Crippen LogP contribution in [0.25, 0.3) is 0 Å². The number of nitrogens with one attached hydrogen (secondary N) is 4. The fourth-order valence-electron chi connectivity index (χ4n) is 3.68. The zero-order chi connectivity index (χ0) is 31.8. The molecule has 5 N–H and O–H groups in total. The molecule has 0 aliphatic heterocycles. The van der Waals surface area contributed by atoms with E-state index in [-0.39, 0.29) is 35.4 Å². The standard InChI is InChI=1S/C28H40N6O6S3/c1-4-7-18-34(25(36)20-42-28(41)33(5-2)6-3)23-13-15-24(16-14-23)43(39,40)32-22-11-9-21(10-12-22)30-31-27(38)26(37)29-17-8-19-35/h9-16,30,32,35H,4-8,17-20H2,1-3H3,(H,29,37)(H,31,38). The summed E-state index contributed by atoms with van der Waals surface area (Å²) in [6.45, 7) is 8.17. The molecule has 0 heterocycles. The van der Waals surface area contributed by atoms with Gasteiger partial charge in [-0.15, -0.1) is 0 Å². The van der Waals surface area contributed by atoms with Gasteiger partial charge in [0.2, 0.25) is 5.91 Å². The van der Waals surface area contributed by atoms with Crippen molar-refractivity contribution < 1.29 is 27.9 Å². The first-order chi connectivity index (χ1) is 20.6. The van der Waals surface area contributed by atoms with Gasteiger partial charge in [0.15, 0.2) is 0 Å². The summed E-state index contributed by atoms with van der Waals surface area (Å²) in [6, 6.07) is 12.2. The Balaban J connectivity index is 2.02. The summed E-state index contributed by atoms with van der Waals surface area (Å²) in [5.41, 5.74) is 6.11. The largest absolute Gasteiger partial charge is 0.396 e. The number of hydrogen-bond acceptors (Lipinski definition) is 9. The van der Waals surface area contributed by atoms with E-state index in [1.54, 1.807) is 17.0 Å². The predicted molar refractivity (Wildman–Crippen MR) is 175 cm³/mol. The number of thiocarbonyl (C=S) groups is 1. The topological polar surface area (TPSA) is 160 Å². The van der Waals surface area contributed by atoms with E-state index in [0.29, 0.717) is 28.7 Å². The maximum absolute atomic E-state index is 13.1. The van der Waals surface area contributed by atoms with Gasteiger partial charge >= 0.3 is 11.8 Å². The van der Waals surface area contributed by atoms with Crippen LogP contribution in [0.3, 0.4) is 0 Å². The third-order valence-corrected chi connectivity index (χ3v) is 9.03. The molecule has 2 aromatic rings. The SMILES string of the molecule is CCCCN(C(=O)CSC(=S)N(CC)CC)c1ccc(S(=O)(=O)Nc2ccc(NNC(=O)C(=O)NCCCO)cc2)cc1. The molecule has 43 heavy (non-hydrogen) atoms. The number of unbranched alkanes of at least 4 members (excludes halogenated alkanes) is 1. The third kappa shape index (κ3) is 11.7. The highest BCUT2D eigenvalue weighted by Gasteiger charge is 2.20. The van der Waals surface area contributed by atoms with Crippen molar-refractivity contribution in [3.63, 3.8) is 0 Å². The molecule has 0 saturated heterocycles. The van der Waals surface area contributed by atoms with Crippen LogP contribution in [0.15, 0.2) is 53.4 Å². The number of thioether (sulfide) groups is 1. The van der Waals surface area contributed by atoms with E-state index in [0.717, 1.165) is 25.9 Å². The van der Waals surface area contributed by atoms with E-state index < -0.39 is 21.8 Å². The number of carbonyl (C=O) groups excluding carboxylic acids is 3. The lowest BCUT2D eigenvalue weighted by molar-refractivity contribution is -0.138. The van der Waals surface area contributed by atoms with Crippen molar-refractivity contribution in [2.45, 2.75) is 44.9 Å². The first kappa shape index (κ1) is 35.8. The number of sulfonamides is 1. The van der Waals surface area contributed by atoms with E-state index in [1.807, 2.05) is 25.7 Å². The summed E-state index contributed by atoms with van der Waals surface area (Å²) in [6.07, 6.45) is 2.02. The summed E-state index contributed by atoms with van der Waals surface area (Å²) in [4.78, 5) is 40.3. The third-order valence-electron chi connectivity index (χ3n) is 6.12. The second-order valence-electron chi connectivity index (χ2n) is 9.21. The highest BCUT2D eigenvalue weighted by atomic mass is 32.2. The molecule has 0 bridgehead atoms.